The Balaban J connectivity index is 2.04. The first-order valence-corrected chi connectivity index (χ1v) is 6.42. The van der Waals surface area contributed by atoms with Crippen LogP contribution in [0.25, 0.3) is 0 Å². The van der Waals surface area contributed by atoms with Crippen LogP contribution < -0.4 is 5.73 Å². The summed E-state index contributed by atoms with van der Waals surface area (Å²) in [6.07, 6.45) is 1.53. The van der Waals surface area contributed by atoms with Crippen molar-refractivity contribution >= 4 is 23.3 Å². The fourth-order valence-corrected chi connectivity index (χ4v) is 2.63. The zero-order valence-electron chi connectivity index (χ0n) is 8.39. The Labute approximate surface area is 101 Å². The van der Waals surface area contributed by atoms with Crippen molar-refractivity contribution in [2.24, 2.45) is 5.73 Å². The summed E-state index contributed by atoms with van der Waals surface area (Å²) in [7, 11) is 0. The number of hydrogen-bond acceptors (Lipinski definition) is 5. The third kappa shape index (κ3) is 2.78. The molecule has 0 fully saturated rings. The summed E-state index contributed by atoms with van der Waals surface area (Å²) in [4.78, 5) is 4.06. The lowest BCUT2D eigenvalue weighted by molar-refractivity contribution is 0.610. The zero-order valence-corrected chi connectivity index (χ0v) is 10.0. The second-order valence-electron chi connectivity index (χ2n) is 3.13. The van der Waals surface area contributed by atoms with Crippen molar-refractivity contribution in [2.45, 2.75) is 16.6 Å². The van der Waals surface area contributed by atoms with Gasteiger partial charge in [0.1, 0.15) is 12.1 Å². The van der Waals surface area contributed by atoms with Crippen molar-refractivity contribution in [1.29, 1.82) is 0 Å². The first kappa shape index (κ1) is 11.5. The summed E-state index contributed by atoms with van der Waals surface area (Å²) in [5.74, 6) is 0.509. The van der Waals surface area contributed by atoms with E-state index in [4.69, 9.17) is 5.73 Å². The summed E-state index contributed by atoms with van der Waals surface area (Å²) in [5, 5.41) is 0. The van der Waals surface area contributed by atoms with E-state index in [2.05, 4.69) is 9.36 Å². The number of benzene rings is 1. The number of halogens is 1. The van der Waals surface area contributed by atoms with E-state index in [1.54, 1.807) is 23.9 Å². The molecule has 0 saturated carbocycles. The Bertz CT molecular complexity index is 459. The van der Waals surface area contributed by atoms with Gasteiger partial charge in [-0.15, -0.1) is 0 Å². The van der Waals surface area contributed by atoms with E-state index in [1.165, 1.54) is 23.9 Å². The molecular weight excluding hydrogens is 245 g/mol. The molecule has 0 saturated heterocycles. The van der Waals surface area contributed by atoms with Gasteiger partial charge in [-0.3, -0.25) is 0 Å². The van der Waals surface area contributed by atoms with Crippen molar-refractivity contribution in [1.82, 2.24) is 9.36 Å². The van der Waals surface area contributed by atoms with Gasteiger partial charge in [0.05, 0.1) is 0 Å². The third-order valence-electron chi connectivity index (χ3n) is 2.03. The van der Waals surface area contributed by atoms with Crippen LogP contribution in [-0.2, 0) is 12.3 Å². The molecule has 0 atom stereocenters. The summed E-state index contributed by atoms with van der Waals surface area (Å²) < 4.78 is 18.0. The van der Waals surface area contributed by atoms with Gasteiger partial charge < -0.3 is 5.73 Å². The van der Waals surface area contributed by atoms with Crippen LogP contribution >= 0.6 is 23.3 Å². The number of hydrogen-bond donors (Lipinski definition) is 1. The van der Waals surface area contributed by atoms with Crippen LogP contribution in [0.5, 0.6) is 0 Å². The highest BCUT2D eigenvalue weighted by molar-refractivity contribution is 8.00. The smallest absolute Gasteiger partial charge is 0.170 e. The van der Waals surface area contributed by atoms with Gasteiger partial charge in [-0.05, 0) is 23.2 Å². The average molecular weight is 255 g/mol. The Hall–Kier alpha value is -0.980. The lowest BCUT2D eigenvalue weighted by Crippen LogP contribution is -2.00. The van der Waals surface area contributed by atoms with E-state index in [1.807, 2.05) is 0 Å². The molecule has 0 bridgehead atoms. The standard InChI is InChI=1S/C10H10FN3S2/c11-9-2-1-7(3-8(9)4-12)5-15-10-13-6-14-16-10/h1-3,6H,4-5,12H2. The van der Waals surface area contributed by atoms with Crippen LogP contribution in [0.3, 0.4) is 0 Å². The van der Waals surface area contributed by atoms with Crippen molar-refractivity contribution in [3.05, 3.63) is 41.5 Å². The lowest BCUT2D eigenvalue weighted by atomic mass is 10.1. The van der Waals surface area contributed by atoms with Crippen molar-refractivity contribution in [2.75, 3.05) is 0 Å². The van der Waals surface area contributed by atoms with Gasteiger partial charge in [0.15, 0.2) is 4.34 Å². The van der Waals surface area contributed by atoms with E-state index in [0.717, 1.165) is 15.7 Å². The second-order valence-corrected chi connectivity index (χ2v) is 5.13. The molecule has 0 unspecified atom stereocenters. The number of nitrogens with zero attached hydrogens (tertiary/aromatic N) is 2. The number of rotatable bonds is 4. The molecule has 1 aromatic carbocycles. The second kappa shape index (κ2) is 5.38. The molecule has 0 aliphatic rings. The molecule has 16 heavy (non-hydrogen) atoms. The Morgan fingerprint density at radius 2 is 2.31 bits per heavy atom. The molecule has 0 aliphatic carbocycles. The topological polar surface area (TPSA) is 51.8 Å². The SMILES string of the molecule is NCc1cc(CSc2ncns2)ccc1F. The molecule has 84 valence electrons. The van der Waals surface area contributed by atoms with Gasteiger partial charge in [0.2, 0.25) is 0 Å². The molecule has 6 heteroatoms. The molecule has 1 heterocycles. The van der Waals surface area contributed by atoms with Crippen LogP contribution in [0.15, 0.2) is 28.9 Å². The van der Waals surface area contributed by atoms with E-state index >= 15 is 0 Å². The fourth-order valence-electron chi connectivity index (χ4n) is 1.25. The van der Waals surface area contributed by atoms with E-state index in [-0.39, 0.29) is 12.4 Å². The summed E-state index contributed by atoms with van der Waals surface area (Å²) >= 11 is 2.95. The van der Waals surface area contributed by atoms with Gasteiger partial charge in [0.25, 0.3) is 0 Å². The summed E-state index contributed by atoms with van der Waals surface area (Å²) in [6.45, 7) is 0.225. The maximum atomic E-state index is 13.2. The quantitative estimate of drug-likeness (QED) is 0.852. The largest absolute Gasteiger partial charge is 0.326 e. The van der Waals surface area contributed by atoms with Crippen LogP contribution in [0.4, 0.5) is 4.39 Å². The number of aromatic nitrogens is 2. The maximum Gasteiger partial charge on any atom is 0.170 e. The molecule has 2 rings (SSSR count). The van der Waals surface area contributed by atoms with Crippen LogP contribution in [-0.4, -0.2) is 9.36 Å². The Morgan fingerprint density at radius 3 is 3.00 bits per heavy atom. The molecule has 2 N–H and O–H groups in total. The maximum absolute atomic E-state index is 13.2. The van der Waals surface area contributed by atoms with Crippen molar-refractivity contribution in [3.8, 4) is 0 Å². The van der Waals surface area contributed by atoms with Crippen LogP contribution in [0.1, 0.15) is 11.1 Å². The predicted molar refractivity (Wildman–Crippen MR) is 63.8 cm³/mol. The van der Waals surface area contributed by atoms with E-state index < -0.39 is 0 Å². The molecule has 0 amide bonds. The molecule has 0 radical (unpaired) electrons. The normalized spacial score (nSPS) is 10.6. The molecule has 1 aromatic heterocycles. The van der Waals surface area contributed by atoms with Gasteiger partial charge >= 0.3 is 0 Å². The predicted octanol–water partition coefficient (Wildman–Crippen LogP) is 2.43. The van der Waals surface area contributed by atoms with Gasteiger partial charge in [0, 0.05) is 17.9 Å². The molecular formula is C10H10FN3S2. The first-order chi connectivity index (χ1) is 7.79. The van der Waals surface area contributed by atoms with E-state index in [0.29, 0.717) is 5.56 Å². The fraction of sp³-hybridized carbons (Fsp3) is 0.200. The minimum absolute atomic E-state index is 0.225. The minimum atomic E-state index is -0.243. The molecule has 2 aromatic rings. The highest BCUT2D eigenvalue weighted by Gasteiger charge is 2.03. The van der Waals surface area contributed by atoms with Crippen molar-refractivity contribution < 1.29 is 4.39 Å². The monoisotopic (exact) mass is 255 g/mol. The minimum Gasteiger partial charge on any atom is -0.326 e. The Morgan fingerprint density at radius 1 is 1.44 bits per heavy atom. The molecule has 3 nitrogen and oxygen atoms in total. The van der Waals surface area contributed by atoms with Crippen molar-refractivity contribution in [3.63, 3.8) is 0 Å². The Kier molecular flexibility index (Phi) is 3.87. The van der Waals surface area contributed by atoms with Crippen LogP contribution in [0.2, 0.25) is 0 Å². The highest BCUT2D eigenvalue weighted by atomic mass is 32.2. The number of nitrogens with two attached hydrogens (primary N) is 1. The molecule has 0 aliphatic heterocycles. The first-order valence-electron chi connectivity index (χ1n) is 4.66. The van der Waals surface area contributed by atoms with Gasteiger partial charge in [-0.1, -0.05) is 23.9 Å². The third-order valence-corrected chi connectivity index (χ3v) is 3.90. The zero-order chi connectivity index (χ0) is 11.4. The van der Waals surface area contributed by atoms with Gasteiger partial charge in [-0.25, -0.2) is 9.37 Å². The van der Waals surface area contributed by atoms with Gasteiger partial charge in [-0.2, -0.15) is 4.37 Å². The lowest BCUT2D eigenvalue weighted by Gasteiger charge is -2.03. The number of thioether (sulfide) groups is 1. The van der Waals surface area contributed by atoms with E-state index in [9.17, 15) is 4.39 Å². The summed E-state index contributed by atoms with van der Waals surface area (Å²) in [6, 6.07) is 5.02. The summed E-state index contributed by atoms with van der Waals surface area (Å²) in [5.41, 5.74) is 7.04. The highest BCUT2D eigenvalue weighted by Crippen LogP contribution is 2.23. The van der Waals surface area contributed by atoms with Crippen LogP contribution in [0, 0.1) is 5.82 Å². The molecule has 0 spiro atoms. The average Bonchev–Trinajstić information content (AvgIpc) is 2.81.